The summed E-state index contributed by atoms with van der Waals surface area (Å²) in [5, 5.41) is 13.2. The first kappa shape index (κ1) is 28.0. The van der Waals surface area contributed by atoms with Gasteiger partial charge in [-0.25, -0.2) is 13.9 Å². The van der Waals surface area contributed by atoms with Crippen molar-refractivity contribution in [3.05, 3.63) is 89.5 Å². The van der Waals surface area contributed by atoms with Crippen LogP contribution in [0.5, 0.6) is 5.75 Å². The summed E-state index contributed by atoms with van der Waals surface area (Å²) >= 11 is 0.926. The number of carbonyl (C=O) groups excluding carboxylic acids is 1. The van der Waals surface area contributed by atoms with Crippen molar-refractivity contribution in [2.24, 2.45) is 4.40 Å². The molecule has 2 amide bonds. The van der Waals surface area contributed by atoms with Gasteiger partial charge in [0, 0.05) is 17.3 Å². The van der Waals surface area contributed by atoms with Crippen LogP contribution in [0.25, 0.3) is 27.5 Å². The second kappa shape index (κ2) is 11.9. The molecule has 41 heavy (non-hydrogen) atoms. The van der Waals surface area contributed by atoms with Gasteiger partial charge in [-0.05, 0) is 71.3 Å². The number of para-hydroxylation sites is 1. The number of aryl methyl sites for hydroxylation is 2. The highest BCUT2D eigenvalue weighted by Crippen LogP contribution is 2.28. The maximum absolute atomic E-state index is 12.5. The standard InChI is InChI=1S/C29H25F3N6O2S/c1-3-19-6-5-7-20(4-2)26(19)34-28(39)36-41-33-17-18-8-14-24-21(16-18)9-15-25-27(24)35-37-38(25)22-10-12-23(13-11-22)40-29(30,31)32/h5-17H,3-4H2,1-2H3,(H2,34,36,39)/b33-17+. The summed E-state index contributed by atoms with van der Waals surface area (Å²) in [5.74, 6) is -0.313. The molecule has 0 aliphatic rings. The highest BCUT2D eigenvalue weighted by atomic mass is 32.2. The van der Waals surface area contributed by atoms with Crippen LogP contribution in [-0.4, -0.2) is 33.6 Å². The predicted molar refractivity (Wildman–Crippen MR) is 156 cm³/mol. The van der Waals surface area contributed by atoms with Crippen molar-refractivity contribution in [3.8, 4) is 11.4 Å². The summed E-state index contributed by atoms with van der Waals surface area (Å²) in [6.45, 7) is 4.10. The molecular formula is C29H25F3N6O2S. The number of fused-ring (bicyclic) bond motifs is 3. The molecule has 0 aliphatic heterocycles. The fourth-order valence-electron chi connectivity index (χ4n) is 4.49. The van der Waals surface area contributed by atoms with E-state index in [1.807, 2.05) is 62.4 Å². The van der Waals surface area contributed by atoms with Gasteiger partial charge in [0.05, 0.1) is 23.3 Å². The Bertz CT molecular complexity index is 1710. The van der Waals surface area contributed by atoms with Crippen LogP contribution < -0.4 is 14.8 Å². The van der Waals surface area contributed by atoms with Gasteiger partial charge in [-0.1, -0.05) is 55.5 Å². The average molecular weight is 579 g/mol. The molecular weight excluding hydrogens is 553 g/mol. The molecule has 5 aromatic rings. The molecule has 8 nitrogen and oxygen atoms in total. The number of anilines is 1. The number of amides is 2. The molecule has 12 heteroatoms. The van der Waals surface area contributed by atoms with E-state index < -0.39 is 6.36 Å². The quantitative estimate of drug-likeness (QED) is 0.148. The highest BCUT2D eigenvalue weighted by Gasteiger charge is 2.31. The van der Waals surface area contributed by atoms with E-state index in [4.69, 9.17) is 0 Å². The Labute approximate surface area is 237 Å². The number of halogens is 3. The number of hydrogen-bond donors (Lipinski definition) is 2. The molecule has 2 N–H and O–H groups in total. The number of alkyl halides is 3. The van der Waals surface area contributed by atoms with E-state index in [9.17, 15) is 18.0 Å². The third-order valence-electron chi connectivity index (χ3n) is 6.40. The lowest BCUT2D eigenvalue weighted by Gasteiger charge is -2.14. The first-order chi connectivity index (χ1) is 19.8. The van der Waals surface area contributed by atoms with Gasteiger partial charge >= 0.3 is 12.4 Å². The van der Waals surface area contributed by atoms with Gasteiger partial charge in [0.25, 0.3) is 0 Å². The SMILES string of the molecule is CCc1cccc(CC)c1NC(=O)NS/N=C/c1ccc2c(ccc3c2nnn3-c2ccc(OC(F)(F)F)cc2)c1. The molecule has 1 heterocycles. The number of nitrogens with one attached hydrogen (secondary N) is 2. The molecule has 0 bridgehead atoms. The topological polar surface area (TPSA) is 93.4 Å². The zero-order chi connectivity index (χ0) is 29.0. The smallest absolute Gasteiger partial charge is 0.406 e. The summed E-state index contributed by atoms with van der Waals surface area (Å²) in [4.78, 5) is 12.5. The molecule has 0 fully saturated rings. The average Bonchev–Trinajstić information content (AvgIpc) is 3.39. The molecule has 0 spiro atoms. The Morgan fingerprint density at radius 3 is 2.44 bits per heavy atom. The van der Waals surface area contributed by atoms with E-state index in [2.05, 4.69) is 29.5 Å². The summed E-state index contributed by atoms with van der Waals surface area (Å²) < 4.78 is 49.8. The van der Waals surface area contributed by atoms with Crippen molar-refractivity contribution >= 4 is 51.9 Å². The summed E-state index contributed by atoms with van der Waals surface area (Å²) in [6.07, 6.45) is -1.48. The minimum Gasteiger partial charge on any atom is -0.406 e. The summed E-state index contributed by atoms with van der Waals surface area (Å²) in [7, 11) is 0. The molecule has 210 valence electrons. The second-order valence-electron chi connectivity index (χ2n) is 9.00. The fourth-order valence-corrected chi connectivity index (χ4v) is 4.85. The van der Waals surface area contributed by atoms with Crippen molar-refractivity contribution in [1.29, 1.82) is 0 Å². The van der Waals surface area contributed by atoms with E-state index in [-0.39, 0.29) is 11.8 Å². The molecule has 0 aliphatic carbocycles. The molecule has 0 radical (unpaired) electrons. The van der Waals surface area contributed by atoms with Crippen molar-refractivity contribution in [2.75, 3.05) is 5.32 Å². The number of benzene rings is 4. The van der Waals surface area contributed by atoms with Crippen LogP contribution in [0.15, 0.2) is 77.2 Å². The first-order valence-electron chi connectivity index (χ1n) is 12.8. The largest absolute Gasteiger partial charge is 0.573 e. The van der Waals surface area contributed by atoms with E-state index in [1.165, 1.54) is 24.3 Å². The van der Waals surface area contributed by atoms with Crippen LogP contribution in [-0.2, 0) is 12.8 Å². The lowest BCUT2D eigenvalue weighted by molar-refractivity contribution is -0.274. The van der Waals surface area contributed by atoms with Crippen molar-refractivity contribution in [1.82, 2.24) is 19.7 Å². The zero-order valence-electron chi connectivity index (χ0n) is 22.1. The van der Waals surface area contributed by atoms with Gasteiger partial charge in [-0.3, -0.25) is 4.72 Å². The predicted octanol–water partition coefficient (Wildman–Crippen LogP) is 7.40. The van der Waals surface area contributed by atoms with E-state index in [0.717, 1.165) is 58.1 Å². The lowest BCUT2D eigenvalue weighted by Crippen LogP contribution is -2.23. The minimum atomic E-state index is -4.76. The number of rotatable bonds is 8. The van der Waals surface area contributed by atoms with Crippen LogP contribution in [0, 0.1) is 0 Å². The summed E-state index contributed by atoms with van der Waals surface area (Å²) in [6, 6.07) is 20.5. The zero-order valence-corrected chi connectivity index (χ0v) is 22.9. The number of hydrogen-bond acceptors (Lipinski definition) is 6. The Morgan fingerprint density at radius 1 is 1.02 bits per heavy atom. The monoisotopic (exact) mass is 578 g/mol. The normalized spacial score (nSPS) is 11.8. The van der Waals surface area contributed by atoms with Gasteiger partial charge in [-0.15, -0.1) is 18.3 Å². The molecule has 0 atom stereocenters. The van der Waals surface area contributed by atoms with Crippen molar-refractivity contribution in [3.63, 3.8) is 0 Å². The number of aromatic nitrogens is 3. The van der Waals surface area contributed by atoms with Crippen LogP contribution in [0.1, 0.15) is 30.5 Å². The van der Waals surface area contributed by atoms with Crippen molar-refractivity contribution < 1.29 is 22.7 Å². The van der Waals surface area contributed by atoms with Gasteiger partial charge in [0.15, 0.2) is 0 Å². The molecule has 1 aromatic heterocycles. The lowest BCUT2D eigenvalue weighted by atomic mass is 10.0. The number of urea groups is 1. The number of carbonyl (C=O) groups is 1. The first-order valence-corrected chi connectivity index (χ1v) is 13.5. The van der Waals surface area contributed by atoms with E-state index in [1.54, 1.807) is 10.9 Å². The Kier molecular flexibility index (Phi) is 8.11. The molecule has 0 saturated heterocycles. The Hall–Kier alpha value is -4.58. The Morgan fingerprint density at radius 2 is 1.76 bits per heavy atom. The second-order valence-corrected chi connectivity index (χ2v) is 9.59. The van der Waals surface area contributed by atoms with Gasteiger partial charge < -0.3 is 10.1 Å². The van der Waals surface area contributed by atoms with Crippen LogP contribution in [0.3, 0.4) is 0 Å². The highest BCUT2D eigenvalue weighted by molar-refractivity contribution is 7.96. The number of ether oxygens (including phenoxy) is 1. The van der Waals surface area contributed by atoms with Crippen molar-refractivity contribution in [2.45, 2.75) is 33.1 Å². The van der Waals surface area contributed by atoms with Crippen LogP contribution in [0.4, 0.5) is 23.7 Å². The van der Waals surface area contributed by atoms with E-state index in [0.29, 0.717) is 16.7 Å². The molecule has 5 rings (SSSR count). The van der Waals surface area contributed by atoms with Crippen LogP contribution in [0.2, 0.25) is 0 Å². The van der Waals surface area contributed by atoms with Crippen LogP contribution >= 0.6 is 12.1 Å². The van der Waals surface area contributed by atoms with Gasteiger partial charge in [0.1, 0.15) is 11.3 Å². The maximum atomic E-state index is 12.5. The number of nitrogens with zero attached hydrogens (tertiary/aromatic N) is 4. The molecule has 4 aromatic carbocycles. The van der Waals surface area contributed by atoms with Gasteiger partial charge in [-0.2, -0.15) is 0 Å². The third-order valence-corrected chi connectivity index (χ3v) is 6.89. The third kappa shape index (κ3) is 6.43. The maximum Gasteiger partial charge on any atom is 0.573 e. The molecule has 0 saturated carbocycles. The van der Waals surface area contributed by atoms with E-state index >= 15 is 0 Å². The van der Waals surface area contributed by atoms with Gasteiger partial charge in [0.2, 0.25) is 0 Å². The summed E-state index contributed by atoms with van der Waals surface area (Å²) in [5.41, 5.74) is 5.70. The Balaban J connectivity index is 1.26. The molecule has 0 unspecified atom stereocenters. The fraction of sp³-hybridized carbons (Fsp3) is 0.172. The minimum absolute atomic E-state index is 0.313.